The minimum Gasteiger partial charge on any atom is -0.295 e. The molecule has 3 rings (SSSR count). The summed E-state index contributed by atoms with van der Waals surface area (Å²) in [5, 5.41) is -0.320. The van der Waals surface area contributed by atoms with Crippen molar-refractivity contribution in [3.05, 3.63) is 58.1 Å². The van der Waals surface area contributed by atoms with Gasteiger partial charge in [-0.3, -0.25) is 4.57 Å². The highest BCUT2D eigenvalue weighted by molar-refractivity contribution is 9.10. The van der Waals surface area contributed by atoms with Gasteiger partial charge >= 0.3 is 0 Å². The fourth-order valence-corrected chi connectivity index (χ4v) is 3.09. The van der Waals surface area contributed by atoms with Gasteiger partial charge in [0.15, 0.2) is 5.82 Å². The molecule has 1 unspecified atom stereocenters. The van der Waals surface area contributed by atoms with Crippen molar-refractivity contribution in [1.82, 2.24) is 9.55 Å². The van der Waals surface area contributed by atoms with Crippen LogP contribution in [0.15, 0.2) is 40.9 Å². The topological polar surface area (TPSA) is 17.8 Å². The molecular weight excluding hydrogens is 355 g/mol. The van der Waals surface area contributed by atoms with Gasteiger partial charge in [0.2, 0.25) is 0 Å². The lowest BCUT2D eigenvalue weighted by molar-refractivity contribution is 0.637. The first-order valence-electron chi connectivity index (χ1n) is 6.56. The van der Waals surface area contributed by atoms with Crippen molar-refractivity contribution in [3.63, 3.8) is 0 Å². The van der Waals surface area contributed by atoms with Crippen LogP contribution < -0.4 is 0 Å². The van der Waals surface area contributed by atoms with E-state index in [1.807, 2.05) is 42.7 Å². The largest absolute Gasteiger partial charge is 0.295 e. The van der Waals surface area contributed by atoms with E-state index in [1.54, 1.807) is 6.07 Å². The van der Waals surface area contributed by atoms with Crippen LogP contribution in [0.4, 0.5) is 4.39 Å². The minimum atomic E-state index is -0.334. The molecule has 0 aliphatic rings. The molecule has 0 saturated heterocycles. The standard InChI is InChI=1S/C16H13BrClFN2/c1-9-8-11(17)6-7-13(9)21-14-5-3-4-12(19)15(14)20-16(21)10(2)18/h3-8,10H,1-2H3. The molecule has 0 N–H and O–H groups in total. The molecule has 2 nitrogen and oxygen atoms in total. The highest BCUT2D eigenvalue weighted by Gasteiger charge is 2.19. The van der Waals surface area contributed by atoms with Crippen LogP contribution in [0.25, 0.3) is 16.7 Å². The second-order valence-electron chi connectivity index (χ2n) is 4.96. The van der Waals surface area contributed by atoms with Crippen LogP contribution in [-0.2, 0) is 0 Å². The zero-order valence-electron chi connectivity index (χ0n) is 11.6. The Kier molecular flexibility index (Phi) is 3.76. The summed E-state index contributed by atoms with van der Waals surface area (Å²) in [6.07, 6.45) is 0. The zero-order chi connectivity index (χ0) is 15.1. The van der Waals surface area contributed by atoms with Gasteiger partial charge in [-0.15, -0.1) is 11.6 Å². The van der Waals surface area contributed by atoms with Crippen molar-refractivity contribution in [2.24, 2.45) is 0 Å². The third-order valence-electron chi connectivity index (χ3n) is 3.42. The molecule has 5 heteroatoms. The number of aromatic nitrogens is 2. The van der Waals surface area contributed by atoms with Gasteiger partial charge in [-0.25, -0.2) is 9.37 Å². The molecule has 0 aliphatic heterocycles. The summed E-state index contributed by atoms with van der Waals surface area (Å²) < 4.78 is 16.9. The van der Waals surface area contributed by atoms with Gasteiger partial charge < -0.3 is 0 Å². The number of rotatable bonds is 2. The van der Waals surface area contributed by atoms with Gasteiger partial charge in [0, 0.05) is 4.47 Å². The molecule has 0 radical (unpaired) electrons. The van der Waals surface area contributed by atoms with Crippen LogP contribution in [-0.4, -0.2) is 9.55 Å². The number of alkyl halides is 1. The van der Waals surface area contributed by atoms with Crippen LogP contribution in [0.2, 0.25) is 0 Å². The lowest BCUT2D eigenvalue weighted by Crippen LogP contribution is -2.03. The second-order valence-corrected chi connectivity index (χ2v) is 6.53. The highest BCUT2D eigenvalue weighted by atomic mass is 79.9. The van der Waals surface area contributed by atoms with Crippen molar-refractivity contribution in [2.75, 3.05) is 0 Å². The van der Waals surface area contributed by atoms with E-state index in [0.29, 0.717) is 11.3 Å². The Labute approximate surface area is 135 Å². The van der Waals surface area contributed by atoms with E-state index in [1.165, 1.54) is 6.07 Å². The predicted octanol–water partition coefficient (Wildman–Crippen LogP) is 5.54. The molecule has 3 aromatic rings. The second kappa shape index (κ2) is 5.43. The first-order chi connectivity index (χ1) is 9.99. The van der Waals surface area contributed by atoms with Crippen LogP contribution in [0.3, 0.4) is 0 Å². The van der Waals surface area contributed by atoms with Crippen molar-refractivity contribution < 1.29 is 4.39 Å². The lowest BCUT2D eigenvalue weighted by Gasteiger charge is -2.13. The SMILES string of the molecule is Cc1cc(Br)ccc1-n1c(C(C)Cl)nc2c(F)cccc21. The summed E-state index contributed by atoms with van der Waals surface area (Å²) in [4.78, 5) is 4.40. The summed E-state index contributed by atoms with van der Waals surface area (Å²) in [5.41, 5.74) is 3.09. The van der Waals surface area contributed by atoms with Crippen molar-refractivity contribution >= 4 is 38.6 Å². The Morgan fingerprint density at radius 3 is 2.71 bits per heavy atom. The number of hydrogen-bond acceptors (Lipinski definition) is 1. The summed E-state index contributed by atoms with van der Waals surface area (Å²) in [7, 11) is 0. The first-order valence-corrected chi connectivity index (χ1v) is 7.79. The van der Waals surface area contributed by atoms with E-state index in [2.05, 4.69) is 20.9 Å². The molecule has 1 heterocycles. The van der Waals surface area contributed by atoms with Crippen molar-refractivity contribution in [2.45, 2.75) is 19.2 Å². The number of nitrogens with zero attached hydrogens (tertiary/aromatic N) is 2. The predicted molar refractivity (Wildman–Crippen MR) is 87.7 cm³/mol. The quantitative estimate of drug-likeness (QED) is 0.544. The van der Waals surface area contributed by atoms with Crippen LogP contribution in [0.1, 0.15) is 23.7 Å². The van der Waals surface area contributed by atoms with E-state index in [0.717, 1.165) is 21.2 Å². The molecule has 0 amide bonds. The summed E-state index contributed by atoms with van der Waals surface area (Å²) in [6, 6.07) is 10.9. The molecule has 0 spiro atoms. The average molecular weight is 368 g/mol. The van der Waals surface area contributed by atoms with E-state index < -0.39 is 0 Å². The zero-order valence-corrected chi connectivity index (χ0v) is 13.9. The summed E-state index contributed by atoms with van der Waals surface area (Å²) >= 11 is 9.71. The van der Waals surface area contributed by atoms with E-state index in [4.69, 9.17) is 11.6 Å². The van der Waals surface area contributed by atoms with E-state index in [9.17, 15) is 4.39 Å². The molecular formula is C16H13BrClFN2. The van der Waals surface area contributed by atoms with Crippen LogP contribution in [0.5, 0.6) is 0 Å². The maximum absolute atomic E-state index is 14.0. The monoisotopic (exact) mass is 366 g/mol. The highest BCUT2D eigenvalue weighted by Crippen LogP contribution is 2.31. The molecule has 1 atom stereocenters. The van der Waals surface area contributed by atoms with Crippen LogP contribution in [0, 0.1) is 12.7 Å². The Bertz CT molecular complexity index is 827. The summed E-state index contributed by atoms with van der Waals surface area (Å²) in [6.45, 7) is 3.85. The molecule has 0 saturated carbocycles. The van der Waals surface area contributed by atoms with E-state index >= 15 is 0 Å². The number of halogens is 3. The van der Waals surface area contributed by atoms with Gasteiger partial charge in [0.1, 0.15) is 11.3 Å². The molecule has 0 bridgehead atoms. The van der Waals surface area contributed by atoms with Gasteiger partial charge in [-0.2, -0.15) is 0 Å². The van der Waals surface area contributed by atoms with Gasteiger partial charge in [0.05, 0.1) is 16.6 Å². The fourth-order valence-electron chi connectivity index (χ4n) is 2.47. The number of aryl methyl sites for hydroxylation is 1. The number of fused-ring (bicyclic) bond motifs is 1. The average Bonchev–Trinajstić information content (AvgIpc) is 2.80. The molecule has 1 aromatic heterocycles. The molecule has 0 aliphatic carbocycles. The maximum atomic E-state index is 14.0. The Morgan fingerprint density at radius 2 is 2.05 bits per heavy atom. The molecule has 0 fully saturated rings. The Morgan fingerprint density at radius 1 is 1.29 bits per heavy atom. The van der Waals surface area contributed by atoms with Gasteiger partial charge in [-0.05, 0) is 49.7 Å². The van der Waals surface area contributed by atoms with Gasteiger partial charge in [-0.1, -0.05) is 22.0 Å². The lowest BCUT2D eigenvalue weighted by atomic mass is 10.2. The first kappa shape index (κ1) is 14.5. The van der Waals surface area contributed by atoms with Crippen molar-refractivity contribution in [3.8, 4) is 5.69 Å². The van der Waals surface area contributed by atoms with E-state index in [-0.39, 0.29) is 11.2 Å². The van der Waals surface area contributed by atoms with Crippen LogP contribution >= 0.6 is 27.5 Å². The number of imidazole rings is 1. The van der Waals surface area contributed by atoms with Crippen molar-refractivity contribution in [1.29, 1.82) is 0 Å². The fraction of sp³-hybridized carbons (Fsp3) is 0.188. The number of benzene rings is 2. The number of para-hydroxylation sites is 1. The Balaban J connectivity index is 2.39. The smallest absolute Gasteiger partial charge is 0.151 e. The summed E-state index contributed by atoms with van der Waals surface area (Å²) in [5.74, 6) is 0.307. The third-order valence-corrected chi connectivity index (χ3v) is 4.11. The third kappa shape index (κ3) is 2.47. The molecule has 21 heavy (non-hydrogen) atoms. The normalized spacial score (nSPS) is 12.8. The molecule has 2 aromatic carbocycles. The molecule has 108 valence electrons. The minimum absolute atomic E-state index is 0.320. The Hall–Kier alpha value is -1.39. The van der Waals surface area contributed by atoms with Gasteiger partial charge in [0.25, 0.3) is 0 Å². The number of hydrogen-bond donors (Lipinski definition) is 0. The maximum Gasteiger partial charge on any atom is 0.151 e.